The molecule has 0 saturated heterocycles. The standard InChI is InChI=1S/C12H9F3N2O/c1-7-11(17-10(6-18)16-7)8-2-4-9(5-3-8)12(13,14)15/h2-6H,1H3,(H,16,17). The van der Waals surface area contributed by atoms with Gasteiger partial charge < -0.3 is 4.98 Å². The average Bonchev–Trinajstić information content (AvgIpc) is 2.70. The fourth-order valence-corrected chi connectivity index (χ4v) is 1.64. The molecule has 94 valence electrons. The van der Waals surface area contributed by atoms with Crippen LogP contribution in [-0.4, -0.2) is 16.3 Å². The van der Waals surface area contributed by atoms with Crippen molar-refractivity contribution in [3.63, 3.8) is 0 Å². The maximum absolute atomic E-state index is 12.4. The monoisotopic (exact) mass is 254 g/mol. The summed E-state index contributed by atoms with van der Waals surface area (Å²) in [5.74, 6) is 0.155. The Morgan fingerprint density at radius 2 is 1.83 bits per heavy atom. The summed E-state index contributed by atoms with van der Waals surface area (Å²) < 4.78 is 37.2. The first-order valence-electron chi connectivity index (χ1n) is 5.11. The number of hydrogen-bond donors (Lipinski definition) is 1. The fraction of sp³-hybridized carbons (Fsp3) is 0.167. The molecule has 0 atom stereocenters. The van der Waals surface area contributed by atoms with Crippen molar-refractivity contribution in [2.75, 3.05) is 0 Å². The van der Waals surface area contributed by atoms with E-state index in [2.05, 4.69) is 9.97 Å². The van der Waals surface area contributed by atoms with Crippen LogP contribution in [0.4, 0.5) is 13.2 Å². The largest absolute Gasteiger partial charge is 0.416 e. The number of aromatic nitrogens is 2. The molecule has 0 radical (unpaired) electrons. The van der Waals surface area contributed by atoms with E-state index in [9.17, 15) is 18.0 Å². The number of halogens is 3. The van der Waals surface area contributed by atoms with E-state index in [1.807, 2.05) is 0 Å². The highest BCUT2D eigenvalue weighted by Crippen LogP contribution is 2.31. The van der Waals surface area contributed by atoms with Crippen LogP contribution >= 0.6 is 0 Å². The van der Waals surface area contributed by atoms with Crippen LogP contribution in [0.15, 0.2) is 24.3 Å². The highest BCUT2D eigenvalue weighted by atomic mass is 19.4. The number of benzene rings is 1. The highest BCUT2D eigenvalue weighted by Gasteiger charge is 2.30. The molecule has 0 aliphatic heterocycles. The van der Waals surface area contributed by atoms with Crippen molar-refractivity contribution in [2.24, 2.45) is 0 Å². The minimum Gasteiger partial charge on any atom is -0.339 e. The van der Waals surface area contributed by atoms with E-state index in [4.69, 9.17) is 0 Å². The van der Waals surface area contributed by atoms with E-state index in [-0.39, 0.29) is 5.82 Å². The summed E-state index contributed by atoms with van der Waals surface area (Å²) in [6.45, 7) is 1.70. The SMILES string of the molecule is Cc1[nH]c(C=O)nc1-c1ccc(C(F)(F)F)cc1. The van der Waals surface area contributed by atoms with Crippen LogP contribution in [0.5, 0.6) is 0 Å². The quantitative estimate of drug-likeness (QED) is 0.836. The van der Waals surface area contributed by atoms with Crippen molar-refractivity contribution < 1.29 is 18.0 Å². The van der Waals surface area contributed by atoms with Gasteiger partial charge in [0, 0.05) is 11.3 Å². The van der Waals surface area contributed by atoms with E-state index in [1.54, 1.807) is 6.92 Å². The lowest BCUT2D eigenvalue weighted by molar-refractivity contribution is -0.137. The van der Waals surface area contributed by atoms with Gasteiger partial charge in [0.1, 0.15) is 0 Å². The maximum atomic E-state index is 12.4. The second-order valence-electron chi connectivity index (χ2n) is 3.79. The Labute approximate surface area is 101 Å². The third kappa shape index (κ3) is 2.27. The van der Waals surface area contributed by atoms with Crippen molar-refractivity contribution in [3.8, 4) is 11.3 Å². The normalized spacial score (nSPS) is 11.6. The van der Waals surface area contributed by atoms with E-state index >= 15 is 0 Å². The molecule has 0 aliphatic carbocycles. The molecule has 0 spiro atoms. The molecule has 0 aliphatic rings. The Bertz CT molecular complexity index is 570. The van der Waals surface area contributed by atoms with Crippen molar-refractivity contribution in [1.29, 1.82) is 0 Å². The summed E-state index contributed by atoms with van der Waals surface area (Å²) in [5, 5.41) is 0. The molecule has 18 heavy (non-hydrogen) atoms. The van der Waals surface area contributed by atoms with Crippen molar-refractivity contribution in [3.05, 3.63) is 41.3 Å². The van der Waals surface area contributed by atoms with Crippen LogP contribution in [0.1, 0.15) is 21.9 Å². The molecule has 3 nitrogen and oxygen atoms in total. The predicted octanol–water partition coefficient (Wildman–Crippen LogP) is 3.22. The highest BCUT2D eigenvalue weighted by molar-refractivity contribution is 5.73. The number of rotatable bonds is 2. The Balaban J connectivity index is 2.40. The number of aldehydes is 1. The lowest BCUT2D eigenvalue weighted by Gasteiger charge is -2.06. The molecule has 0 unspecified atom stereocenters. The lowest BCUT2D eigenvalue weighted by Crippen LogP contribution is -2.04. The van der Waals surface area contributed by atoms with Crippen LogP contribution in [0.25, 0.3) is 11.3 Å². The van der Waals surface area contributed by atoms with Crippen LogP contribution in [0.2, 0.25) is 0 Å². The number of alkyl halides is 3. The first-order valence-corrected chi connectivity index (χ1v) is 5.11. The number of nitrogens with one attached hydrogen (secondary N) is 1. The van der Waals surface area contributed by atoms with Crippen molar-refractivity contribution in [1.82, 2.24) is 9.97 Å². The van der Waals surface area contributed by atoms with Gasteiger partial charge in [-0.05, 0) is 19.1 Å². The predicted molar refractivity (Wildman–Crippen MR) is 59.2 cm³/mol. The third-order valence-electron chi connectivity index (χ3n) is 2.50. The van der Waals surface area contributed by atoms with Gasteiger partial charge in [-0.25, -0.2) is 4.98 Å². The number of imidazole rings is 1. The van der Waals surface area contributed by atoms with Crippen molar-refractivity contribution in [2.45, 2.75) is 13.1 Å². The summed E-state index contributed by atoms with van der Waals surface area (Å²) in [6.07, 6.45) is -3.80. The number of aryl methyl sites for hydroxylation is 1. The zero-order valence-electron chi connectivity index (χ0n) is 9.38. The molecule has 0 fully saturated rings. The molecule has 0 saturated carbocycles. The molecule has 1 heterocycles. The first kappa shape index (κ1) is 12.3. The van der Waals surface area contributed by atoms with E-state index in [1.165, 1.54) is 12.1 Å². The first-order chi connectivity index (χ1) is 8.41. The van der Waals surface area contributed by atoms with Crippen LogP contribution in [0, 0.1) is 6.92 Å². The van der Waals surface area contributed by atoms with Gasteiger partial charge in [-0.15, -0.1) is 0 Å². The Morgan fingerprint density at radius 1 is 1.22 bits per heavy atom. The number of hydrogen-bond acceptors (Lipinski definition) is 2. The minimum absolute atomic E-state index is 0.155. The molecule has 0 bridgehead atoms. The van der Waals surface area contributed by atoms with Crippen LogP contribution in [0.3, 0.4) is 0 Å². The molecule has 1 N–H and O–H groups in total. The zero-order chi connectivity index (χ0) is 13.3. The van der Waals surface area contributed by atoms with Gasteiger partial charge in [0.25, 0.3) is 0 Å². The van der Waals surface area contributed by atoms with Crippen molar-refractivity contribution >= 4 is 6.29 Å². The number of nitrogens with zero attached hydrogens (tertiary/aromatic N) is 1. The number of aromatic amines is 1. The summed E-state index contributed by atoms with van der Waals surface area (Å²) in [6, 6.07) is 4.65. The maximum Gasteiger partial charge on any atom is 0.416 e. The van der Waals surface area contributed by atoms with Gasteiger partial charge in [0.2, 0.25) is 0 Å². The number of carbonyl (C=O) groups is 1. The topological polar surface area (TPSA) is 45.8 Å². The van der Waals surface area contributed by atoms with E-state index < -0.39 is 11.7 Å². The molecular formula is C12H9F3N2O. The molecule has 0 amide bonds. The summed E-state index contributed by atoms with van der Waals surface area (Å²) in [7, 11) is 0. The van der Waals surface area contributed by atoms with Gasteiger partial charge in [0.05, 0.1) is 11.3 Å². The zero-order valence-corrected chi connectivity index (χ0v) is 9.38. The van der Waals surface area contributed by atoms with Gasteiger partial charge in [-0.1, -0.05) is 12.1 Å². The Hall–Kier alpha value is -2.11. The molecule has 1 aromatic carbocycles. The second kappa shape index (κ2) is 4.29. The molecule has 1 aromatic heterocycles. The molecular weight excluding hydrogens is 245 g/mol. The fourth-order valence-electron chi connectivity index (χ4n) is 1.64. The second-order valence-corrected chi connectivity index (χ2v) is 3.79. The molecule has 6 heteroatoms. The smallest absolute Gasteiger partial charge is 0.339 e. The Morgan fingerprint density at radius 3 is 2.28 bits per heavy atom. The molecule has 2 aromatic rings. The lowest BCUT2D eigenvalue weighted by atomic mass is 10.1. The third-order valence-corrected chi connectivity index (χ3v) is 2.50. The summed E-state index contributed by atoms with van der Waals surface area (Å²) in [5.41, 5.74) is 0.933. The summed E-state index contributed by atoms with van der Waals surface area (Å²) >= 11 is 0. The minimum atomic E-state index is -4.35. The van der Waals surface area contributed by atoms with Gasteiger partial charge in [-0.3, -0.25) is 4.79 Å². The van der Waals surface area contributed by atoms with Gasteiger partial charge in [-0.2, -0.15) is 13.2 Å². The van der Waals surface area contributed by atoms with Gasteiger partial charge >= 0.3 is 6.18 Å². The van der Waals surface area contributed by atoms with Crippen LogP contribution < -0.4 is 0 Å². The van der Waals surface area contributed by atoms with E-state index in [0.29, 0.717) is 23.2 Å². The average molecular weight is 254 g/mol. The van der Waals surface area contributed by atoms with E-state index in [0.717, 1.165) is 12.1 Å². The number of H-pyrrole nitrogens is 1. The molecule has 2 rings (SSSR count). The Kier molecular flexibility index (Phi) is 2.94. The van der Waals surface area contributed by atoms with Gasteiger partial charge in [0.15, 0.2) is 12.1 Å². The van der Waals surface area contributed by atoms with Crippen LogP contribution in [-0.2, 0) is 6.18 Å². The summed E-state index contributed by atoms with van der Waals surface area (Å²) in [4.78, 5) is 17.3. The number of carbonyl (C=O) groups excluding carboxylic acids is 1.